The zero-order valence-corrected chi connectivity index (χ0v) is 15.6. The van der Waals surface area contributed by atoms with Crippen molar-refractivity contribution in [2.24, 2.45) is 5.92 Å². The number of hydrogen-bond acceptors (Lipinski definition) is 4. The first-order valence-corrected chi connectivity index (χ1v) is 10.3. The summed E-state index contributed by atoms with van der Waals surface area (Å²) >= 11 is 0. The molecule has 5 rings (SSSR count). The summed E-state index contributed by atoms with van der Waals surface area (Å²) in [6, 6.07) is 4.86. The fourth-order valence-electron chi connectivity index (χ4n) is 4.75. The van der Waals surface area contributed by atoms with Crippen LogP contribution in [0.5, 0.6) is 0 Å². The number of carbonyl (C=O) groups is 1. The quantitative estimate of drug-likeness (QED) is 0.717. The molecule has 2 N–H and O–H groups in total. The molecule has 0 unspecified atom stereocenters. The Kier molecular flexibility index (Phi) is 4.40. The molecule has 0 radical (unpaired) electrons. The van der Waals surface area contributed by atoms with Crippen LogP contribution < -0.4 is 5.32 Å². The van der Waals surface area contributed by atoms with Gasteiger partial charge in [-0.3, -0.25) is 4.79 Å². The SMILES string of the molecule is O=C(CNC1CCC1)C1CCC(c2cc[nH]c3cnc4nccc4c23)CC1. The minimum absolute atomic E-state index is 0.234. The van der Waals surface area contributed by atoms with Gasteiger partial charge < -0.3 is 10.3 Å². The van der Waals surface area contributed by atoms with Crippen LogP contribution in [0.25, 0.3) is 21.9 Å². The van der Waals surface area contributed by atoms with E-state index in [1.165, 1.54) is 30.2 Å². The zero-order chi connectivity index (χ0) is 18.2. The number of H-pyrrole nitrogens is 1. The van der Waals surface area contributed by atoms with E-state index in [9.17, 15) is 4.79 Å². The van der Waals surface area contributed by atoms with Crippen molar-refractivity contribution >= 4 is 27.7 Å². The molecule has 3 heterocycles. The van der Waals surface area contributed by atoms with Crippen molar-refractivity contribution in [1.29, 1.82) is 0 Å². The zero-order valence-electron chi connectivity index (χ0n) is 15.6. The Morgan fingerprint density at radius 3 is 2.74 bits per heavy atom. The van der Waals surface area contributed by atoms with Gasteiger partial charge in [0.05, 0.1) is 18.3 Å². The molecule has 0 amide bonds. The summed E-state index contributed by atoms with van der Waals surface area (Å²) in [6.07, 6.45) is 13.7. The van der Waals surface area contributed by atoms with Crippen molar-refractivity contribution in [2.45, 2.75) is 56.9 Å². The van der Waals surface area contributed by atoms with Crippen LogP contribution in [0.2, 0.25) is 0 Å². The Labute approximate surface area is 159 Å². The van der Waals surface area contributed by atoms with Gasteiger partial charge in [-0.2, -0.15) is 0 Å². The number of rotatable bonds is 5. The molecule has 0 aliphatic heterocycles. The van der Waals surface area contributed by atoms with Crippen LogP contribution >= 0.6 is 0 Å². The van der Waals surface area contributed by atoms with Crippen LogP contribution in [-0.2, 0) is 4.79 Å². The van der Waals surface area contributed by atoms with Gasteiger partial charge in [-0.05, 0) is 62.1 Å². The maximum Gasteiger partial charge on any atom is 0.159 e. The number of aromatic amines is 1. The van der Waals surface area contributed by atoms with Gasteiger partial charge in [0.25, 0.3) is 0 Å². The van der Waals surface area contributed by atoms with Crippen LogP contribution in [-0.4, -0.2) is 33.3 Å². The molecule has 5 heteroatoms. The van der Waals surface area contributed by atoms with Gasteiger partial charge in [0.15, 0.2) is 5.65 Å². The Morgan fingerprint density at radius 1 is 1.11 bits per heavy atom. The predicted molar refractivity (Wildman–Crippen MR) is 107 cm³/mol. The molecule has 0 spiro atoms. The third kappa shape index (κ3) is 3.14. The average Bonchev–Trinajstić information content (AvgIpc) is 3.15. The van der Waals surface area contributed by atoms with E-state index in [0.717, 1.165) is 42.2 Å². The molecule has 0 saturated heterocycles. The largest absolute Gasteiger partial charge is 0.360 e. The monoisotopic (exact) mass is 362 g/mol. The molecular formula is C22H26N4O. The second-order valence-corrected chi connectivity index (χ2v) is 8.19. The molecule has 0 bridgehead atoms. The van der Waals surface area contributed by atoms with Gasteiger partial charge in [0.1, 0.15) is 5.78 Å². The van der Waals surface area contributed by atoms with Gasteiger partial charge >= 0.3 is 0 Å². The Bertz CT molecular complexity index is 967. The standard InChI is InChI=1S/C22H26N4O/c27-20(13-25-16-2-1-3-16)15-6-4-14(5-7-15)17-8-10-23-19-12-26-22-18(21(17)19)9-11-24-22/h8-12,14-16,23,25H,1-7,13H2. The molecule has 2 aliphatic rings. The summed E-state index contributed by atoms with van der Waals surface area (Å²) in [5.74, 6) is 1.15. The summed E-state index contributed by atoms with van der Waals surface area (Å²) in [4.78, 5) is 24.7. The average molecular weight is 362 g/mol. The van der Waals surface area contributed by atoms with E-state index >= 15 is 0 Å². The Balaban J connectivity index is 1.32. The van der Waals surface area contributed by atoms with E-state index in [2.05, 4.69) is 32.4 Å². The van der Waals surface area contributed by atoms with Crippen molar-refractivity contribution in [1.82, 2.24) is 20.3 Å². The van der Waals surface area contributed by atoms with Crippen molar-refractivity contribution in [2.75, 3.05) is 6.54 Å². The smallest absolute Gasteiger partial charge is 0.159 e. The fourth-order valence-corrected chi connectivity index (χ4v) is 4.75. The highest BCUT2D eigenvalue weighted by molar-refractivity contribution is 6.05. The third-order valence-electron chi connectivity index (χ3n) is 6.62. The van der Waals surface area contributed by atoms with Crippen molar-refractivity contribution in [3.8, 4) is 0 Å². The van der Waals surface area contributed by atoms with Crippen LogP contribution in [0.15, 0.2) is 30.7 Å². The van der Waals surface area contributed by atoms with Crippen LogP contribution in [0.3, 0.4) is 0 Å². The van der Waals surface area contributed by atoms with E-state index in [1.54, 1.807) is 0 Å². The number of hydrogen-bond donors (Lipinski definition) is 2. The second kappa shape index (κ2) is 7.04. The van der Waals surface area contributed by atoms with Gasteiger partial charge in [-0.25, -0.2) is 9.97 Å². The summed E-state index contributed by atoms with van der Waals surface area (Å²) in [6.45, 7) is 0.564. The first-order valence-electron chi connectivity index (χ1n) is 10.3. The lowest BCUT2D eigenvalue weighted by atomic mass is 9.76. The van der Waals surface area contributed by atoms with E-state index in [1.807, 2.05) is 18.6 Å². The molecule has 0 atom stereocenters. The number of nitrogens with one attached hydrogen (secondary N) is 2. The van der Waals surface area contributed by atoms with Gasteiger partial charge in [-0.1, -0.05) is 6.42 Å². The lowest BCUT2D eigenvalue weighted by Gasteiger charge is -2.30. The topological polar surface area (TPSA) is 70.7 Å². The van der Waals surface area contributed by atoms with Crippen LogP contribution in [0, 0.1) is 5.92 Å². The summed E-state index contributed by atoms with van der Waals surface area (Å²) in [5.41, 5.74) is 3.26. The predicted octanol–water partition coefficient (Wildman–Crippen LogP) is 4.10. The highest BCUT2D eigenvalue weighted by Gasteiger charge is 2.29. The Hall–Kier alpha value is -2.27. The number of ketones is 1. The molecule has 3 aromatic heterocycles. The normalized spacial score (nSPS) is 23.6. The maximum atomic E-state index is 12.6. The van der Waals surface area contributed by atoms with Crippen molar-refractivity contribution in [3.05, 3.63) is 36.3 Å². The van der Waals surface area contributed by atoms with Crippen LogP contribution in [0.4, 0.5) is 0 Å². The lowest BCUT2D eigenvalue weighted by molar-refractivity contribution is -0.123. The highest BCUT2D eigenvalue weighted by atomic mass is 16.1. The Morgan fingerprint density at radius 2 is 1.96 bits per heavy atom. The molecular weight excluding hydrogens is 336 g/mol. The molecule has 5 nitrogen and oxygen atoms in total. The number of nitrogens with zero attached hydrogens (tertiary/aromatic N) is 2. The molecule has 27 heavy (non-hydrogen) atoms. The molecule has 0 aromatic carbocycles. The molecule has 140 valence electrons. The van der Waals surface area contributed by atoms with Crippen LogP contribution in [0.1, 0.15) is 56.4 Å². The number of pyridine rings is 2. The second-order valence-electron chi connectivity index (χ2n) is 8.19. The number of aromatic nitrogens is 3. The lowest BCUT2D eigenvalue weighted by Crippen LogP contribution is -2.40. The highest BCUT2D eigenvalue weighted by Crippen LogP contribution is 2.40. The molecule has 3 aromatic rings. The van der Waals surface area contributed by atoms with E-state index in [0.29, 0.717) is 24.3 Å². The number of fused-ring (bicyclic) bond motifs is 3. The fraction of sp³-hybridized carbons (Fsp3) is 0.500. The van der Waals surface area contributed by atoms with Gasteiger partial charge in [0.2, 0.25) is 0 Å². The summed E-state index contributed by atoms with van der Waals surface area (Å²) in [5, 5.41) is 5.81. The molecule has 2 fully saturated rings. The maximum absolute atomic E-state index is 12.6. The third-order valence-corrected chi connectivity index (χ3v) is 6.62. The van der Waals surface area contributed by atoms with E-state index in [4.69, 9.17) is 0 Å². The summed E-state index contributed by atoms with van der Waals surface area (Å²) in [7, 11) is 0. The molecule has 2 saturated carbocycles. The summed E-state index contributed by atoms with van der Waals surface area (Å²) < 4.78 is 0. The van der Waals surface area contributed by atoms with Gasteiger partial charge in [-0.15, -0.1) is 0 Å². The first kappa shape index (κ1) is 16.9. The first-order chi connectivity index (χ1) is 13.3. The van der Waals surface area contributed by atoms with E-state index < -0.39 is 0 Å². The van der Waals surface area contributed by atoms with Gasteiger partial charge in [0, 0.05) is 35.1 Å². The van der Waals surface area contributed by atoms with Crippen molar-refractivity contribution < 1.29 is 4.79 Å². The van der Waals surface area contributed by atoms with E-state index in [-0.39, 0.29) is 5.92 Å². The molecule has 2 aliphatic carbocycles. The van der Waals surface area contributed by atoms with Crippen molar-refractivity contribution in [3.63, 3.8) is 0 Å². The number of carbonyl (C=O) groups excluding carboxylic acids is 1. The minimum Gasteiger partial charge on any atom is -0.360 e. The number of Topliss-reactive ketones (excluding diaryl/α,β-unsaturated/α-hetero) is 1. The minimum atomic E-state index is 0.234.